The number of nitrogens with zero attached hydrogens (tertiary/aromatic N) is 2. The molecular weight excluding hydrogens is 683 g/mol. The predicted molar refractivity (Wildman–Crippen MR) is 174 cm³/mol. The Kier molecular flexibility index (Phi) is 9.75. The zero-order chi connectivity index (χ0) is 33.2. The van der Waals surface area contributed by atoms with Crippen LogP contribution < -0.4 is 24.7 Å². The van der Waals surface area contributed by atoms with Crippen molar-refractivity contribution in [2.24, 2.45) is 0 Å². The minimum absolute atomic E-state index is 0.146. The summed E-state index contributed by atoms with van der Waals surface area (Å²) in [5.41, 5.74) is 1.43. The lowest BCUT2D eigenvalue weighted by Crippen LogP contribution is -2.31. The Hall–Kier alpha value is -4.33. The van der Waals surface area contributed by atoms with E-state index in [4.69, 9.17) is 23.4 Å². The van der Waals surface area contributed by atoms with Gasteiger partial charge in [-0.3, -0.25) is 4.57 Å². The van der Waals surface area contributed by atoms with E-state index in [1.165, 1.54) is 43.4 Å². The fourth-order valence-corrected chi connectivity index (χ4v) is 7.31. The normalized spacial score (nSPS) is 12.3. The summed E-state index contributed by atoms with van der Waals surface area (Å²) in [4.78, 5) is 12.6. The summed E-state index contributed by atoms with van der Waals surface area (Å²) >= 11 is 3.48. The second-order valence-electron chi connectivity index (χ2n) is 10.3. The number of methoxy groups -OCH3 is 4. The number of ether oxygens (including phenoxy) is 4. The highest BCUT2D eigenvalue weighted by Gasteiger charge is 2.31. The molecule has 0 amide bonds. The minimum atomic E-state index is -4.43. The van der Waals surface area contributed by atoms with Crippen LogP contribution in [0.5, 0.6) is 23.0 Å². The van der Waals surface area contributed by atoms with Crippen molar-refractivity contribution in [3.05, 3.63) is 110 Å². The molecule has 242 valence electrons. The van der Waals surface area contributed by atoms with E-state index in [1.807, 2.05) is 12.1 Å². The Labute approximate surface area is 274 Å². The van der Waals surface area contributed by atoms with Gasteiger partial charge in [0.1, 0.15) is 28.5 Å². The van der Waals surface area contributed by atoms with Gasteiger partial charge in [-0.1, -0.05) is 46.3 Å². The number of fused-ring (bicyclic) bond motifs is 1. The summed E-state index contributed by atoms with van der Waals surface area (Å²) in [5, 5.41) is 0. The van der Waals surface area contributed by atoms with Crippen LogP contribution in [0.3, 0.4) is 0 Å². The number of benzene rings is 4. The van der Waals surface area contributed by atoms with Crippen molar-refractivity contribution in [3.63, 3.8) is 0 Å². The molecule has 0 saturated heterocycles. The smallest absolute Gasteiger partial charge is 0.420 e. The molecule has 10 nitrogen and oxygen atoms in total. The number of halogens is 2. The first-order valence-electron chi connectivity index (χ1n) is 14.0. The summed E-state index contributed by atoms with van der Waals surface area (Å²) < 4.78 is 74.9. The largest absolute Gasteiger partial charge is 0.497 e. The average Bonchev–Trinajstić information content (AvgIpc) is 3.40. The van der Waals surface area contributed by atoms with Gasteiger partial charge in [0, 0.05) is 46.9 Å². The van der Waals surface area contributed by atoms with E-state index in [1.54, 1.807) is 55.5 Å². The third kappa shape index (κ3) is 6.35. The van der Waals surface area contributed by atoms with Crippen LogP contribution in [0.2, 0.25) is 0 Å². The molecule has 4 aromatic carbocycles. The highest BCUT2D eigenvalue weighted by atomic mass is 79.9. The van der Waals surface area contributed by atoms with E-state index >= 15 is 4.39 Å². The van der Waals surface area contributed by atoms with Crippen LogP contribution in [0.4, 0.5) is 4.39 Å². The van der Waals surface area contributed by atoms with Crippen LogP contribution in [-0.4, -0.2) is 45.7 Å². The minimum Gasteiger partial charge on any atom is -0.497 e. The highest BCUT2D eigenvalue weighted by molar-refractivity contribution is 9.10. The van der Waals surface area contributed by atoms with Crippen molar-refractivity contribution in [3.8, 4) is 23.0 Å². The summed E-state index contributed by atoms with van der Waals surface area (Å²) in [7, 11) is 1.52. The number of hydrogen-bond donors (Lipinski definition) is 0. The second kappa shape index (κ2) is 13.6. The van der Waals surface area contributed by atoms with Crippen molar-refractivity contribution >= 4 is 37.1 Å². The first-order chi connectivity index (χ1) is 22.0. The van der Waals surface area contributed by atoms with E-state index in [-0.39, 0.29) is 24.2 Å². The van der Waals surface area contributed by atoms with Gasteiger partial charge in [-0.05, 0) is 36.8 Å². The molecule has 0 fully saturated rings. The van der Waals surface area contributed by atoms with E-state index in [0.717, 1.165) is 16.1 Å². The van der Waals surface area contributed by atoms with Crippen LogP contribution in [0.15, 0.2) is 91.4 Å². The van der Waals surface area contributed by atoms with E-state index in [0.29, 0.717) is 34.1 Å². The SMILES string of the molecule is COc1ccc(CN(Cc2ccc(OC)cc2OC)S(=O)(=O)c2cc(F)c3c(c2)oc(=O)n3[C@H](C)c2ccccc2Br)c(OC)c1. The lowest BCUT2D eigenvalue weighted by atomic mass is 10.1. The first kappa shape index (κ1) is 33.0. The molecule has 13 heteroatoms. The van der Waals surface area contributed by atoms with Gasteiger partial charge in [-0.15, -0.1) is 0 Å². The Bertz CT molecular complexity index is 2000. The highest BCUT2D eigenvalue weighted by Crippen LogP contribution is 2.34. The fraction of sp³-hybridized carbons (Fsp3) is 0.242. The molecule has 1 aromatic heterocycles. The topological polar surface area (TPSA) is 109 Å². The van der Waals surface area contributed by atoms with Gasteiger partial charge in [0.25, 0.3) is 0 Å². The maximum absolute atomic E-state index is 16.0. The fourth-order valence-electron chi connectivity index (χ4n) is 5.27. The molecule has 0 aliphatic carbocycles. The van der Waals surface area contributed by atoms with E-state index < -0.39 is 32.5 Å². The van der Waals surface area contributed by atoms with Crippen molar-refractivity contribution in [1.82, 2.24) is 8.87 Å². The zero-order valence-electron chi connectivity index (χ0n) is 25.7. The van der Waals surface area contributed by atoms with Crippen molar-refractivity contribution < 1.29 is 36.2 Å². The Morgan fingerprint density at radius 2 is 1.41 bits per heavy atom. The Balaban J connectivity index is 1.62. The summed E-state index contributed by atoms with van der Waals surface area (Å²) in [5.74, 6) is 0.0877. The summed E-state index contributed by atoms with van der Waals surface area (Å²) in [6.45, 7) is 1.41. The predicted octanol–water partition coefficient (Wildman–Crippen LogP) is 6.53. The molecule has 5 rings (SSSR count). The molecule has 1 heterocycles. The maximum Gasteiger partial charge on any atom is 0.420 e. The van der Waals surface area contributed by atoms with Gasteiger partial charge >= 0.3 is 5.76 Å². The Morgan fingerprint density at radius 1 is 0.848 bits per heavy atom. The van der Waals surface area contributed by atoms with Crippen molar-refractivity contribution in [1.29, 1.82) is 0 Å². The van der Waals surface area contributed by atoms with Gasteiger partial charge in [0.05, 0.1) is 39.4 Å². The molecule has 0 bridgehead atoms. The van der Waals surface area contributed by atoms with Gasteiger partial charge in [-0.25, -0.2) is 17.6 Å². The van der Waals surface area contributed by atoms with Crippen LogP contribution in [0.1, 0.15) is 29.7 Å². The van der Waals surface area contributed by atoms with Crippen LogP contribution in [0, 0.1) is 5.82 Å². The molecule has 0 aliphatic heterocycles. The maximum atomic E-state index is 16.0. The molecule has 0 N–H and O–H groups in total. The monoisotopic (exact) mass is 714 g/mol. The molecule has 0 unspecified atom stereocenters. The van der Waals surface area contributed by atoms with Crippen LogP contribution in [0.25, 0.3) is 11.1 Å². The molecule has 0 aliphatic rings. The molecule has 0 saturated carbocycles. The average molecular weight is 716 g/mol. The number of aromatic nitrogens is 1. The second-order valence-corrected chi connectivity index (χ2v) is 13.1. The number of oxazole rings is 1. The van der Waals surface area contributed by atoms with Gasteiger partial charge in [-0.2, -0.15) is 4.31 Å². The number of hydrogen-bond acceptors (Lipinski definition) is 8. The van der Waals surface area contributed by atoms with Crippen molar-refractivity contribution in [2.45, 2.75) is 31.0 Å². The molecule has 0 radical (unpaired) electrons. The standard InChI is InChI=1S/C33H32BrFN2O8S/c1-20(26-8-6-7-9-27(26)34)37-32-28(35)16-25(17-31(32)45-33(37)38)46(39,40)36(18-21-10-12-23(41-2)14-29(21)43-4)19-22-11-13-24(42-3)15-30(22)44-5/h6-17,20H,18-19H2,1-5H3/t20-/m1/s1. The molecule has 5 aromatic rings. The third-order valence-corrected chi connectivity index (χ3v) is 10.2. The Morgan fingerprint density at radius 3 is 1.93 bits per heavy atom. The van der Waals surface area contributed by atoms with Gasteiger partial charge in [0.2, 0.25) is 10.0 Å². The van der Waals surface area contributed by atoms with Gasteiger partial charge in [0.15, 0.2) is 11.4 Å². The lowest BCUT2D eigenvalue weighted by Gasteiger charge is -2.25. The van der Waals surface area contributed by atoms with Crippen LogP contribution in [-0.2, 0) is 23.1 Å². The van der Waals surface area contributed by atoms with E-state index in [9.17, 15) is 13.2 Å². The molecule has 1 atom stereocenters. The number of sulfonamides is 1. The lowest BCUT2D eigenvalue weighted by molar-refractivity contribution is 0.358. The summed E-state index contributed by atoms with van der Waals surface area (Å²) in [6.07, 6.45) is 0. The number of rotatable bonds is 12. The van der Waals surface area contributed by atoms with E-state index in [2.05, 4.69) is 15.9 Å². The quantitative estimate of drug-likeness (QED) is 0.144. The van der Waals surface area contributed by atoms with Gasteiger partial charge < -0.3 is 23.4 Å². The molecule has 0 spiro atoms. The zero-order valence-corrected chi connectivity index (χ0v) is 28.1. The van der Waals surface area contributed by atoms with Crippen molar-refractivity contribution in [2.75, 3.05) is 28.4 Å². The summed E-state index contributed by atoms with van der Waals surface area (Å²) in [6, 6.07) is 18.7. The van der Waals surface area contributed by atoms with Crippen LogP contribution >= 0.6 is 15.9 Å². The first-order valence-corrected chi connectivity index (χ1v) is 16.3. The molecule has 46 heavy (non-hydrogen) atoms. The third-order valence-electron chi connectivity index (χ3n) is 7.70. The molecular formula is C33H32BrFN2O8S.